The number of halogens is 3. The maximum atomic E-state index is 12.7. The predicted molar refractivity (Wildman–Crippen MR) is 56.7 cm³/mol. The van der Waals surface area contributed by atoms with E-state index in [2.05, 4.69) is 14.5 Å². The van der Waals surface area contributed by atoms with Crippen molar-refractivity contribution in [1.82, 2.24) is 4.98 Å². The third-order valence-electron chi connectivity index (χ3n) is 1.89. The molecule has 0 radical (unpaired) electrons. The quantitative estimate of drug-likeness (QED) is 0.620. The zero-order chi connectivity index (χ0) is 13.0. The molecule has 0 amide bonds. The lowest BCUT2D eigenvalue weighted by Gasteiger charge is -2.10. The number of carbonyl (C=O) groups excluding carboxylic acids is 1. The van der Waals surface area contributed by atoms with Crippen LogP contribution in [-0.4, -0.2) is 24.7 Å². The number of aromatic nitrogens is 1. The van der Waals surface area contributed by atoms with Crippen molar-refractivity contribution < 1.29 is 23.0 Å². The molecule has 1 rings (SSSR count). The Balaban J connectivity index is 3.24. The van der Waals surface area contributed by atoms with E-state index in [4.69, 9.17) is 11.6 Å². The number of nitrogens with zero attached hydrogens (tertiary/aromatic N) is 1. The molecule has 0 aromatic carbocycles. The lowest BCUT2D eigenvalue weighted by Crippen LogP contribution is -2.08. The van der Waals surface area contributed by atoms with Gasteiger partial charge in [-0.05, 0) is 13.0 Å². The normalized spacial score (nSPS) is 10.5. The van der Waals surface area contributed by atoms with E-state index in [1.165, 1.54) is 7.11 Å². The van der Waals surface area contributed by atoms with E-state index in [0.717, 1.165) is 6.07 Å². The second kappa shape index (κ2) is 5.77. The van der Waals surface area contributed by atoms with Crippen LogP contribution in [0.15, 0.2) is 6.07 Å². The van der Waals surface area contributed by atoms with Gasteiger partial charge in [0, 0.05) is 0 Å². The number of rotatable bonds is 4. The summed E-state index contributed by atoms with van der Waals surface area (Å²) >= 11 is 5.68. The smallest absolute Gasteiger partial charge is 0.341 e. The van der Waals surface area contributed by atoms with Gasteiger partial charge in [0.1, 0.15) is 5.15 Å². The van der Waals surface area contributed by atoms with Gasteiger partial charge in [-0.25, -0.2) is 18.6 Å². The Labute approximate surface area is 101 Å². The molecule has 0 saturated carbocycles. The molecule has 17 heavy (non-hydrogen) atoms. The molecule has 0 saturated heterocycles. The molecule has 0 bridgehead atoms. The van der Waals surface area contributed by atoms with Crippen molar-refractivity contribution in [3.8, 4) is 5.88 Å². The first-order valence-electron chi connectivity index (χ1n) is 4.71. The molecule has 0 unspecified atom stereocenters. The number of ether oxygens (including phenoxy) is 2. The van der Waals surface area contributed by atoms with E-state index in [0.29, 0.717) is 0 Å². The summed E-state index contributed by atoms with van der Waals surface area (Å²) in [4.78, 5) is 15.0. The fourth-order valence-electron chi connectivity index (χ4n) is 1.16. The van der Waals surface area contributed by atoms with E-state index in [9.17, 15) is 13.6 Å². The molecule has 0 fully saturated rings. The highest BCUT2D eigenvalue weighted by molar-refractivity contribution is 6.32. The van der Waals surface area contributed by atoms with E-state index in [-0.39, 0.29) is 23.2 Å². The first-order valence-corrected chi connectivity index (χ1v) is 5.08. The first kappa shape index (κ1) is 13.6. The fraction of sp³-hybridized carbons (Fsp3) is 0.400. The molecule has 94 valence electrons. The minimum Gasteiger partial charge on any atom is -0.481 e. The zero-order valence-corrected chi connectivity index (χ0v) is 9.92. The number of pyridine rings is 1. The maximum absolute atomic E-state index is 12.7. The lowest BCUT2D eigenvalue weighted by atomic mass is 10.2. The van der Waals surface area contributed by atoms with Crippen molar-refractivity contribution in [1.29, 1.82) is 0 Å². The van der Waals surface area contributed by atoms with Gasteiger partial charge < -0.3 is 9.47 Å². The molecule has 0 N–H and O–H groups in total. The van der Waals surface area contributed by atoms with Crippen LogP contribution in [0.2, 0.25) is 5.15 Å². The van der Waals surface area contributed by atoms with E-state index >= 15 is 0 Å². The largest absolute Gasteiger partial charge is 0.481 e. The van der Waals surface area contributed by atoms with Crippen LogP contribution in [-0.2, 0) is 4.74 Å². The fourth-order valence-corrected chi connectivity index (χ4v) is 1.37. The highest BCUT2D eigenvalue weighted by atomic mass is 35.5. The summed E-state index contributed by atoms with van der Waals surface area (Å²) in [7, 11) is 1.19. The summed E-state index contributed by atoms with van der Waals surface area (Å²) in [6.07, 6.45) is -2.82. The van der Waals surface area contributed by atoms with Crippen molar-refractivity contribution in [2.45, 2.75) is 13.3 Å². The number of hydrogen-bond acceptors (Lipinski definition) is 4. The number of hydrogen-bond donors (Lipinski definition) is 0. The highest BCUT2D eigenvalue weighted by Crippen LogP contribution is 2.31. The van der Waals surface area contributed by atoms with Crippen molar-refractivity contribution >= 4 is 17.6 Å². The maximum Gasteiger partial charge on any atom is 0.341 e. The van der Waals surface area contributed by atoms with Gasteiger partial charge in [-0.2, -0.15) is 0 Å². The molecule has 4 nitrogen and oxygen atoms in total. The van der Waals surface area contributed by atoms with Crippen molar-refractivity contribution in [3.63, 3.8) is 0 Å². The third-order valence-corrected chi connectivity index (χ3v) is 2.18. The number of carbonyl (C=O) groups is 1. The van der Waals surface area contributed by atoms with Crippen molar-refractivity contribution in [3.05, 3.63) is 22.3 Å². The van der Waals surface area contributed by atoms with Crippen molar-refractivity contribution in [2.75, 3.05) is 13.7 Å². The second-order valence-corrected chi connectivity index (χ2v) is 3.30. The van der Waals surface area contributed by atoms with Crippen LogP contribution in [0.1, 0.15) is 29.3 Å². The second-order valence-electron chi connectivity index (χ2n) is 2.95. The molecular formula is C10H10ClF2NO3. The standard InChI is InChI=1S/C10H10ClF2NO3/c1-3-17-10(15)5-4-6(8(12)13)9(16-2)14-7(5)11/h4,8H,3H2,1-2H3. The van der Waals surface area contributed by atoms with Gasteiger partial charge >= 0.3 is 5.97 Å². The number of alkyl halides is 2. The van der Waals surface area contributed by atoms with E-state index < -0.39 is 18.0 Å². The van der Waals surface area contributed by atoms with Gasteiger partial charge in [-0.1, -0.05) is 11.6 Å². The van der Waals surface area contributed by atoms with Crippen molar-refractivity contribution in [2.24, 2.45) is 0 Å². The summed E-state index contributed by atoms with van der Waals surface area (Å²) in [6.45, 7) is 1.71. The molecule has 1 aromatic heterocycles. The van der Waals surface area contributed by atoms with Gasteiger partial charge in [0.2, 0.25) is 5.88 Å². The topological polar surface area (TPSA) is 48.4 Å². The highest BCUT2D eigenvalue weighted by Gasteiger charge is 2.22. The molecule has 1 aromatic rings. The van der Waals surface area contributed by atoms with Crippen LogP contribution < -0.4 is 4.74 Å². The number of esters is 1. The first-order chi connectivity index (χ1) is 8.01. The van der Waals surface area contributed by atoms with Crippen LogP contribution in [0.5, 0.6) is 5.88 Å². The monoisotopic (exact) mass is 265 g/mol. The molecule has 0 aliphatic carbocycles. The Kier molecular flexibility index (Phi) is 4.62. The molecule has 0 aliphatic rings. The van der Waals surface area contributed by atoms with Crippen LogP contribution in [0.3, 0.4) is 0 Å². The summed E-state index contributed by atoms with van der Waals surface area (Å²) in [6, 6.07) is 0.927. The average Bonchev–Trinajstić information content (AvgIpc) is 2.28. The summed E-state index contributed by atoms with van der Waals surface area (Å²) < 4.78 is 34.6. The lowest BCUT2D eigenvalue weighted by molar-refractivity contribution is 0.0525. The molecule has 7 heteroatoms. The minimum absolute atomic E-state index is 0.116. The van der Waals surface area contributed by atoms with Crippen LogP contribution in [0, 0.1) is 0 Å². The van der Waals surface area contributed by atoms with Crippen LogP contribution in [0.25, 0.3) is 0 Å². The Bertz CT molecular complexity index is 426. The zero-order valence-electron chi connectivity index (χ0n) is 9.17. The molecule has 1 heterocycles. The van der Waals surface area contributed by atoms with E-state index in [1.54, 1.807) is 6.92 Å². The SMILES string of the molecule is CCOC(=O)c1cc(C(F)F)c(OC)nc1Cl. The molecule has 0 atom stereocenters. The van der Waals surface area contributed by atoms with Gasteiger partial charge in [0.05, 0.1) is 24.8 Å². The van der Waals surface area contributed by atoms with Gasteiger partial charge in [0.15, 0.2) is 0 Å². The Morgan fingerprint density at radius 2 is 2.24 bits per heavy atom. The molecule has 0 aliphatic heterocycles. The third kappa shape index (κ3) is 3.03. The van der Waals surface area contributed by atoms with E-state index in [1.807, 2.05) is 0 Å². The Morgan fingerprint density at radius 3 is 2.71 bits per heavy atom. The minimum atomic E-state index is -2.82. The average molecular weight is 266 g/mol. The van der Waals surface area contributed by atoms with Crippen LogP contribution in [0.4, 0.5) is 8.78 Å². The predicted octanol–water partition coefficient (Wildman–Crippen LogP) is 2.86. The number of methoxy groups -OCH3 is 1. The van der Waals surface area contributed by atoms with Gasteiger partial charge in [0.25, 0.3) is 6.43 Å². The van der Waals surface area contributed by atoms with Gasteiger partial charge in [-0.3, -0.25) is 0 Å². The summed E-state index contributed by atoms with van der Waals surface area (Å²) in [5.74, 6) is -1.10. The summed E-state index contributed by atoms with van der Waals surface area (Å²) in [5, 5.41) is -0.232. The molecule has 0 spiro atoms. The Morgan fingerprint density at radius 1 is 1.59 bits per heavy atom. The Hall–Kier alpha value is -1.43. The summed E-state index contributed by atoms with van der Waals surface area (Å²) in [5.41, 5.74) is -0.704. The van der Waals surface area contributed by atoms with Gasteiger partial charge in [-0.15, -0.1) is 0 Å². The molecular weight excluding hydrogens is 256 g/mol. The van der Waals surface area contributed by atoms with Crippen LogP contribution >= 0.6 is 11.6 Å².